The van der Waals surface area contributed by atoms with E-state index in [1.54, 1.807) is 48.5 Å². The molecule has 290 valence electrons. The van der Waals surface area contributed by atoms with Gasteiger partial charge in [-0.3, -0.25) is 29.0 Å². The van der Waals surface area contributed by atoms with Crippen LogP contribution in [0.15, 0.2) is 89.9 Å². The van der Waals surface area contributed by atoms with E-state index in [1.165, 1.54) is 12.1 Å². The molecule has 5 amide bonds. The fourth-order valence-electron chi connectivity index (χ4n) is 5.66. The van der Waals surface area contributed by atoms with Crippen molar-refractivity contribution in [2.24, 2.45) is 27.9 Å². The topological polar surface area (TPSA) is 270 Å². The molecule has 15 nitrogen and oxygen atoms in total. The van der Waals surface area contributed by atoms with E-state index in [0.717, 1.165) is 16.7 Å². The number of aromatic hydroxyl groups is 1. The largest absolute Gasteiger partial charge is 0.508 e. The molecule has 54 heavy (non-hydrogen) atoms. The van der Waals surface area contributed by atoms with Crippen LogP contribution in [0.1, 0.15) is 55.7 Å². The third-order valence-corrected chi connectivity index (χ3v) is 8.64. The number of phenolic OH excluding ortho intramolecular Hbond substituents is 1. The second-order valence-electron chi connectivity index (χ2n) is 13.1. The van der Waals surface area contributed by atoms with Crippen molar-refractivity contribution in [3.8, 4) is 5.75 Å². The average Bonchev–Trinajstić information content (AvgIpc) is 3.15. The molecule has 0 fully saturated rings. The minimum absolute atomic E-state index is 0.0776. The summed E-state index contributed by atoms with van der Waals surface area (Å²) >= 11 is 0. The molecule has 0 aliphatic heterocycles. The number of rotatable bonds is 22. The van der Waals surface area contributed by atoms with Gasteiger partial charge in [-0.2, -0.15) is 0 Å². The minimum atomic E-state index is -1.14. The zero-order chi connectivity index (χ0) is 39.5. The second-order valence-corrected chi connectivity index (χ2v) is 13.1. The number of nitrogens with zero attached hydrogens (tertiary/aromatic N) is 1. The summed E-state index contributed by atoms with van der Waals surface area (Å²) in [5.41, 5.74) is 25.0. The SMILES string of the molecule is CCCC[C@H](NC(=O)[C@H](Cc1ccccc1)NC(=O)[C@@H](N)Cc1ccc(O)cc1)C(=O)N[C@@H](CCCN=C(N)N)C(=O)N[C@@H](Cc1ccccc1)C(N)=O. The maximum Gasteiger partial charge on any atom is 0.243 e. The summed E-state index contributed by atoms with van der Waals surface area (Å²) in [5.74, 6) is -3.28. The van der Waals surface area contributed by atoms with Crippen LogP contribution in [0.5, 0.6) is 5.75 Å². The van der Waals surface area contributed by atoms with Crippen LogP contribution in [0.2, 0.25) is 0 Å². The van der Waals surface area contributed by atoms with Crippen molar-refractivity contribution in [3.05, 3.63) is 102 Å². The highest BCUT2D eigenvalue weighted by atomic mass is 16.3. The first-order chi connectivity index (χ1) is 25.9. The summed E-state index contributed by atoms with van der Waals surface area (Å²) in [6.45, 7) is 2.11. The highest BCUT2D eigenvalue weighted by Gasteiger charge is 2.31. The lowest BCUT2D eigenvalue weighted by molar-refractivity contribution is -0.134. The Morgan fingerprint density at radius 3 is 1.54 bits per heavy atom. The van der Waals surface area contributed by atoms with Gasteiger partial charge in [0.15, 0.2) is 5.96 Å². The fraction of sp³-hybridized carbons (Fsp3) is 0.385. The van der Waals surface area contributed by atoms with Crippen molar-refractivity contribution in [2.45, 2.75) is 88.5 Å². The molecule has 3 rings (SSSR count). The van der Waals surface area contributed by atoms with E-state index in [0.29, 0.717) is 19.3 Å². The minimum Gasteiger partial charge on any atom is -0.508 e. The lowest BCUT2D eigenvalue weighted by Gasteiger charge is -2.27. The van der Waals surface area contributed by atoms with Gasteiger partial charge in [0, 0.05) is 19.4 Å². The molecular formula is C39H53N9O6. The Kier molecular flexibility index (Phi) is 17.4. The number of unbranched alkanes of at least 4 members (excludes halogenated alkanes) is 1. The first-order valence-corrected chi connectivity index (χ1v) is 18.0. The number of aliphatic imine (C=N–C) groups is 1. The molecule has 0 heterocycles. The zero-order valence-electron chi connectivity index (χ0n) is 30.6. The number of amides is 5. The van der Waals surface area contributed by atoms with Crippen LogP contribution in [0.25, 0.3) is 0 Å². The van der Waals surface area contributed by atoms with Gasteiger partial charge in [0.05, 0.1) is 6.04 Å². The van der Waals surface area contributed by atoms with Crippen molar-refractivity contribution in [3.63, 3.8) is 0 Å². The number of nitrogens with two attached hydrogens (primary N) is 4. The summed E-state index contributed by atoms with van der Waals surface area (Å²) in [4.78, 5) is 71.1. The third-order valence-electron chi connectivity index (χ3n) is 8.64. The number of nitrogens with one attached hydrogen (secondary N) is 4. The number of phenols is 1. The molecule has 0 unspecified atom stereocenters. The molecule has 0 aromatic heterocycles. The van der Waals surface area contributed by atoms with Crippen molar-refractivity contribution < 1.29 is 29.1 Å². The average molecular weight is 744 g/mol. The molecule has 3 aromatic carbocycles. The monoisotopic (exact) mass is 743 g/mol. The third kappa shape index (κ3) is 14.9. The van der Waals surface area contributed by atoms with E-state index in [2.05, 4.69) is 26.3 Å². The quantitative estimate of drug-likeness (QED) is 0.0391. The maximum absolute atomic E-state index is 13.9. The van der Waals surface area contributed by atoms with Gasteiger partial charge in [0.1, 0.15) is 29.9 Å². The smallest absolute Gasteiger partial charge is 0.243 e. The number of benzene rings is 3. The standard InChI is InChI=1S/C39H53N9O6/c1-2-3-15-30(36(52)45-31(16-10-21-44-39(42)43)37(53)47-32(34(41)50)23-25-11-6-4-7-12-25)46-38(54)33(24-26-13-8-5-9-14-26)48-35(51)29(40)22-27-17-19-28(49)20-18-27/h4-9,11-14,17-20,29-33,49H,2-3,10,15-16,21-24,40H2,1H3,(H2,41,50)(H,45,52)(H,46,54)(H,47,53)(H,48,51)(H4,42,43,44)/t29-,30-,31-,32-,33-/m0/s1. The molecule has 15 heteroatoms. The van der Waals surface area contributed by atoms with E-state index in [9.17, 15) is 29.1 Å². The highest BCUT2D eigenvalue weighted by molar-refractivity contribution is 5.96. The molecule has 0 bridgehead atoms. The summed E-state index contributed by atoms with van der Waals surface area (Å²) in [6, 6.07) is 19.0. The molecule has 5 atom stereocenters. The van der Waals surface area contributed by atoms with E-state index < -0.39 is 59.7 Å². The molecule has 0 saturated heterocycles. The number of hydrogen-bond acceptors (Lipinski definition) is 8. The number of carbonyl (C=O) groups excluding carboxylic acids is 5. The Labute approximate surface area is 315 Å². The fourth-order valence-corrected chi connectivity index (χ4v) is 5.66. The lowest BCUT2D eigenvalue weighted by atomic mass is 10.0. The first kappa shape index (κ1) is 42.5. The molecule has 3 aromatic rings. The second kappa shape index (κ2) is 22.2. The van der Waals surface area contributed by atoms with Crippen molar-refractivity contribution in [2.75, 3.05) is 6.54 Å². The van der Waals surface area contributed by atoms with Gasteiger partial charge >= 0.3 is 0 Å². The van der Waals surface area contributed by atoms with Crippen LogP contribution < -0.4 is 44.2 Å². The Morgan fingerprint density at radius 1 is 0.593 bits per heavy atom. The molecule has 0 aliphatic carbocycles. The molecule has 0 spiro atoms. The van der Waals surface area contributed by atoms with E-state index in [1.807, 2.05) is 31.2 Å². The summed E-state index contributed by atoms with van der Waals surface area (Å²) in [7, 11) is 0. The first-order valence-electron chi connectivity index (χ1n) is 18.0. The number of carbonyl (C=O) groups is 5. The van der Waals surface area contributed by atoms with Crippen molar-refractivity contribution >= 4 is 35.5 Å². The maximum atomic E-state index is 13.9. The Hall–Kier alpha value is -5.96. The molecule has 13 N–H and O–H groups in total. The number of guanidine groups is 1. The van der Waals surface area contributed by atoms with Crippen LogP contribution in [-0.2, 0) is 43.2 Å². The number of primary amides is 1. The normalized spacial score (nSPS) is 13.6. The highest BCUT2D eigenvalue weighted by Crippen LogP contribution is 2.12. The lowest BCUT2D eigenvalue weighted by Crippen LogP contribution is -2.59. The van der Waals surface area contributed by atoms with Gasteiger partial charge in [-0.1, -0.05) is 92.6 Å². The van der Waals surface area contributed by atoms with Crippen molar-refractivity contribution in [1.82, 2.24) is 21.3 Å². The van der Waals surface area contributed by atoms with Crippen LogP contribution in [0.4, 0.5) is 0 Å². The van der Waals surface area contributed by atoms with Crippen molar-refractivity contribution in [1.29, 1.82) is 0 Å². The number of hydrogen-bond donors (Lipinski definition) is 9. The van der Waals surface area contributed by atoms with E-state index in [4.69, 9.17) is 22.9 Å². The molecular weight excluding hydrogens is 690 g/mol. The predicted octanol–water partition coefficient (Wildman–Crippen LogP) is 0.416. The van der Waals surface area contributed by atoms with Gasteiger partial charge in [0.2, 0.25) is 29.5 Å². The zero-order valence-corrected chi connectivity index (χ0v) is 30.6. The van der Waals surface area contributed by atoms with Gasteiger partial charge < -0.3 is 49.3 Å². The Bertz CT molecular complexity index is 1690. The Balaban J connectivity index is 1.80. The molecule has 0 radical (unpaired) electrons. The van der Waals surface area contributed by atoms with Gasteiger partial charge in [-0.15, -0.1) is 0 Å². The van der Waals surface area contributed by atoms with Crippen LogP contribution in [0.3, 0.4) is 0 Å². The van der Waals surface area contributed by atoms with Crippen LogP contribution >= 0.6 is 0 Å². The van der Waals surface area contributed by atoms with Crippen LogP contribution in [-0.4, -0.2) is 77.4 Å². The van der Waals surface area contributed by atoms with Gasteiger partial charge in [-0.05, 0) is 54.5 Å². The summed E-state index contributed by atoms with van der Waals surface area (Å²) in [5, 5.41) is 20.6. The van der Waals surface area contributed by atoms with E-state index >= 15 is 0 Å². The van der Waals surface area contributed by atoms with Gasteiger partial charge in [0.25, 0.3) is 0 Å². The van der Waals surface area contributed by atoms with Crippen LogP contribution in [0, 0.1) is 0 Å². The molecule has 0 saturated carbocycles. The predicted molar refractivity (Wildman–Crippen MR) is 206 cm³/mol. The summed E-state index contributed by atoms with van der Waals surface area (Å²) in [6.07, 6.45) is 2.31. The summed E-state index contributed by atoms with van der Waals surface area (Å²) < 4.78 is 0. The van der Waals surface area contributed by atoms with E-state index in [-0.39, 0.29) is 50.4 Å². The Morgan fingerprint density at radius 2 is 1.04 bits per heavy atom. The molecule has 0 aliphatic rings. The van der Waals surface area contributed by atoms with Gasteiger partial charge in [-0.25, -0.2) is 0 Å².